The summed E-state index contributed by atoms with van der Waals surface area (Å²) in [5.41, 5.74) is 0.930. The first-order chi connectivity index (χ1) is 14.9. The molecule has 4 heteroatoms. The van der Waals surface area contributed by atoms with Crippen molar-refractivity contribution in [3.63, 3.8) is 0 Å². The van der Waals surface area contributed by atoms with Crippen LogP contribution >= 0.6 is 0 Å². The fraction of sp³-hybridized carbons (Fsp3) is 0.704. The third-order valence-electron chi connectivity index (χ3n) is 5.55. The number of rotatable bonds is 17. The van der Waals surface area contributed by atoms with Crippen LogP contribution in [0, 0.1) is 5.92 Å². The Morgan fingerprint density at radius 3 is 1.71 bits per heavy atom. The standard InChI is InChI=1S/C27H44O4/c1-5-6-7-8-9-10-11-12-13-14-21-30-26(28)24-17-19-25(20-18-24)27(29)31-23(4)16-15-22(2)3/h17-20,22-23H,5-16,21H2,1-4H3. The van der Waals surface area contributed by atoms with Gasteiger partial charge in [-0.05, 0) is 56.4 Å². The van der Waals surface area contributed by atoms with Gasteiger partial charge < -0.3 is 9.47 Å². The minimum atomic E-state index is -0.346. The van der Waals surface area contributed by atoms with Crippen LogP contribution in [0.5, 0.6) is 0 Å². The summed E-state index contributed by atoms with van der Waals surface area (Å²) in [6, 6.07) is 6.54. The first kappa shape index (κ1) is 27.2. The first-order valence-electron chi connectivity index (χ1n) is 12.4. The molecule has 0 N–H and O–H groups in total. The van der Waals surface area contributed by atoms with Crippen molar-refractivity contribution in [1.82, 2.24) is 0 Å². The highest BCUT2D eigenvalue weighted by Gasteiger charge is 2.14. The Hall–Kier alpha value is -1.84. The van der Waals surface area contributed by atoms with E-state index in [1.165, 1.54) is 51.4 Å². The van der Waals surface area contributed by atoms with Gasteiger partial charge in [0.15, 0.2) is 0 Å². The molecule has 1 aromatic rings. The van der Waals surface area contributed by atoms with E-state index in [4.69, 9.17) is 9.47 Å². The van der Waals surface area contributed by atoms with Crippen LogP contribution < -0.4 is 0 Å². The Kier molecular flexibility index (Phi) is 14.7. The molecule has 0 aliphatic heterocycles. The second-order valence-corrected chi connectivity index (χ2v) is 9.08. The average Bonchev–Trinajstić information content (AvgIpc) is 2.76. The lowest BCUT2D eigenvalue weighted by atomic mass is 10.1. The van der Waals surface area contributed by atoms with Gasteiger partial charge >= 0.3 is 11.9 Å². The fourth-order valence-corrected chi connectivity index (χ4v) is 3.46. The van der Waals surface area contributed by atoms with Crippen LogP contribution in [0.2, 0.25) is 0 Å². The van der Waals surface area contributed by atoms with Crippen molar-refractivity contribution in [2.75, 3.05) is 6.61 Å². The molecule has 0 aliphatic rings. The summed E-state index contributed by atoms with van der Waals surface area (Å²) >= 11 is 0. The molecule has 0 radical (unpaired) electrons. The van der Waals surface area contributed by atoms with E-state index in [0.29, 0.717) is 23.7 Å². The van der Waals surface area contributed by atoms with E-state index >= 15 is 0 Å². The van der Waals surface area contributed by atoms with Crippen LogP contribution in [0.25, 0.3) is 0 Å². The van der Waals surface area contributed by atoms with Crippen molar-refractivity contribution in [2.45, 2.75) is 111 Å². The Morgan fingerprint density at radius 2 is 1.19 bits per heavy atom. The lowest BCUT2D eigenvalue weighted by molar-refractivity contribution is 0.0312. The molecule has 0 fully saturated rings. The summed E-state index contributed by atoms with van der Waals surface area (Å²) in [6.07, 6.45) is 14.3. The van der Waals surface area contributed by atoms with Gasteiger partial charge in [0.25, 0.3) is 0 Å². The maximum Gasteiger partial charge on any atom is 0.338 e. The van der Waals surface area contributed by atoms with Crippen molar-refractivity contribution >= 4 is 11.9 Å². The minimum absolute atomic E-state index is 0.111. The lowest BCUT2D eigenvalue weighted by Gasteiger charge is -2.14. The molecule has 0 spiro atoms. The maximum absolute atomic E-state index is 12.2. The number of carbonyl (C=O) groups excluding carboxylic acids is 2. The van der Waals surface area contributed by atoms with Crippen LogP contribution in [-0.4, -0.2) is 24.6 Å². The molecule has 0 bridgehead atoms. The summed E-state index contributed by atoms with van der Waals surface area (Å²) in [6.45, 7) is 8.92. The Labute approximate surface area is 190 Å². The second-order valence-electron chi connectivity index (χ2n) is 9.08. The Morgan fingerprint density at radius 1 is 0.710 bits per heavy atom. The van der Waals surface area contributed by atoms with E-state index in [-0.39, 0.29) is 18.0 Å². The number of esters is 2. The van der Waals surface area contributed by atoms with Gasteiger partial charge in [-0.25, -0.2) is 9.59 Å². The van der Waals surface area contributed by atoms with E-state index in [1.807, 2.05) is 6.92 Å². The van der Waals surface area contributed by atoms with Gasteiger partial charge in [0.05, 0.1) is 23.8 Å². The molecule has 31 heavy (non-hydrogen) atoms. The monoisotopic (exact) mass is 432 g/mol. The summed E-state index contributed by atoms with van der Waals surface area (Å²) in [7, 11) is 0. The number of hydrogen-bond donors (Lipinski definition) is 0. The number of benzene rings is 1. The molecule has 176 valence electrons. The van der Waals surface area contributed by atoms with E-state index in [9.17, 15) is 9.59 Å². The fourth-order valence-electron chi connectivity index (χ4n) is 3.46. The summed E-state index contributed by atoms with van der Waals surface area (Å²) < 4.78 is 10.8. The number of unbranched alkanes of at least 4 members (excludes halogenated alkanes) is 9. The largest absolute Gasteiger partial charge is 0.462 e. The molecule has 0 amide bonds. The Bertz CT molecular complexity index is 606. The van der Waals surface area contributed by atoms with Crippen LogP contribution in [-0.2, 0) is 9.47 Å². The highest BCUT2D eigenvalue weighted by atomic mass is 16.5. The Balaban J connectivity index is 2.19. The molecular weight excluding hydrogens is 388 g/mol. The molecule has 1 aromatic carbocycles. The van der Waals surface area contributed by atoms with Crippen molar-refractivity contribution < 1.29 is 19.1 Å². The smallest absolute Gasteiger partial charge is 0.338 e. The second kappa shape index (κ2) is 16.8. The number of hydrogen-bond acceptors (Lipinski definition) is 4. The molecule has 1 unspecified atom stereocenters. The van der Waals surface area contributed by atoms with Crippen LogP contribution in [0.1, 0.15) is 125 Å². The van der Waals surface area contributed by atoms with Crippen LogP contribution in [0.3, 0.4) is 0 Å². The highest BCUT2D eigenvalue weighted by Crippen LogP contribution is 2.14. The zero-order chi connectivity index (χ0) is 22.9. The van der Waals surface area contributed by atoms with Gasteiger partial charge in [-0.15, -0.1) is 0 Å². The topological polar surface area (TPSA) is 52.6 Å². The molecule has 1 atom stereocenters. The third-order valence-corrected chi connectivity index (χ3v) is 5.55. The molecule has 0 saturated heterocycles. The molecule has 4 nitrogen and oxygen atoms in total. The minimum Gasteiger partial charge on any atom is -0.462 e. The van der Waals surface area contributed by atoms with E-state index in [1.54, 1.807) is 24.3 Å². The molecular formula is C27H44O4. The van der Waals surface area contributed by atoms with E-state index in [2.05, 4.69) is 20.8 Å². The quantitative estimate of drug-likeness (QED) is 0.186. The molecule has 0 saturated carbocycles. The van der Waals surface area contributed by atoms with Gasteiger partial charge in [0, 0.05) is 0 Å². The predicted molar refractivity (Wildman–Crippen MR) is 128 cm³/mol. The van der Waals surface area contributed by atoms with Gasteiger partial charge in [-0.1, -0.05) is 78.6 Å². The number of carbonyl (C=O) groups is 2. The normalized spacial score (nSPS) is 12.0. The SMILES string of the molecule is CCCCCCCCCCCCOC(=O)c1ccc(C(=O)OC(C)CCC(C)C)cc1. The van der Waals surface area contributed by atoms with Gasteiger partial charge in [-0.3, -0.25) is 0 Å². The first-order valence-corrected chi connectivity index (χ1v) is 12.4. The van der Waals surface area contributed by atoms with Gasteiger partial charge in [-0.2, -0.15) is 0 Å². The van der Waals surface area contributed by atoms with Gasteiger partial charge in [0.2, 0.25) is 0 Å². The van der Waals surface area contributed by atoms with Crippen molar-refractivity contribution in [3.05, 3.63) is 35.4 Å². The van der Waals surface area contributed by atoms with Crippen molar-refractivity contribution in [1.29, 1.82) is 0 Å². The van der Waals surface area contributed by atoms with E-state index in [0.717, 1.165) is 25.7 Å². The molecule has 0 heterocycles. The zero-order valence-electron chi connectivity index (χ0n) is 20.3. The number of ether oxygens (including phenoxy) is 2. The lowest BCUT2D eigenvalue weighted by Crippen LogP contribution is -2.16. The molecule has 1 rings (SSSR count). The third kappa shape index (κ3) is 13.2. The summed E-state index contributed by atoms with van der Waals surface area (Å²) in [5, 5.41) is 0. The van der Waals surface area contributed by atoms with Gasteiger partial charge in [0.1, 0.15) is 0 Å². The zero-order valence-corrected chi connectivity index (χ0v) is 20.3. The van der Waals surface area contributed by atoms with Crippen molar-refractivity contribution in [2.24, 2.45) is 5.92 Å². The maximum atomic E-state index is 12.2. The average molecular weight is 433 g/mol. The van der Waals surface area contributed by atoms with Crippen LogP contribution in [0.15, 0.2) is 24.3 Å². The van der Waals surface area contributed by atoms with Crippen molar-refractivity contribution in [3.8, 4) is 0 Å². The summed E-state index contributed by atoms with van der Waals surface area (Å²) in [4.78, 5) is 24.4. The predicted octanol–water partition coefficient (Wildman–Crippen LogP) is 7.75. The van der Waals surface area contributed by atoms with E-state index < -0.39 is 0 Å². The molecule has 0 aliphatic carbocycles. The van der Waals surface area contributed by atoms with Crippen LogP contribution in [0.4, 0.5) is 0 Å². The molecule has 0 aromatic heterocycles. The summed E-state index contributed by atoms with van der Waals surface area (Å²) in [5.74, 6) is -0.0885. The highest BCUT2D eigenvalue weighted by molar-refractivity contribution is 5.93.